The average molecular weight is 340 g/mol. The number of halogens is 2. The van der Waals surface area contributed by atoms with Crippen molar-refractivity contribution in [3.8, 4) is 11.5 Å². The van der Waals surface area contributed by atoms with Crippen LogP contribution in [0.3, 0.4) is 0 Å². The zero-order valence-corrected chi connectivity index (χ0v) is 12.5. The molecule has 3 N–H and O–H groups in total. The van der Waals surface area contributed by atoms with Crippen LogP contribution in [0.15, 0.2) is 40.9 Å². The molecular formula is C14H12BrClN2O. The van der Waals surface area contributed by atoms with E-state index < -0.39 is 0 Å². The number of nitrogens with two attached hydrogens (primary N) is 1. The average Bonchev–Trinajstić information content (AvgIpc) is 2.34. The molecule has 0 aliphatic rings. The van der Waals surface area contributed by atoms with Crippen molar-refractivity contribution in [1.29, 1.82) is 5.41 Å². The first kappa shape index (κ1) is 13.9. The van der Waals surface area contributed by atoms with Crippen LogP contribution in [0.2, 0.25) is 5.02 Å². The van der Waals surface area contributed by atoms with Crippen LogP contribution in [0.4, 0.5) is 0 Å². The van der Waals surface area contributed by atoms with Gasteiger partial charge in [-0.1, -0.05) is 17.7 Å². The Bertz CT molecular complexity index is 643. The lowest BCUT2D eigenvalue weighted by Gasteiger charge is -2.12. The third-order valence-electron chi connectivity index (χ3n) is 2.54. The number of aryl methyl sites for hydroxylation is 1. The van der Waals surface area contributed by atoms with Gasteiger partial charge in [-0.15, -0.1) is 0 Å². The zero-order valence-electron chi connectivity index (χ0n) is 10.2. The standard InChI is InChI=1S/C14H12BrClN2O/c1-8-2-4-13(11(15)6-8)19-12-5-3-9(16)7-10(12)14(17)18/h2-7H,1H3,(H3,17,18). The van der Waals surface area contributed by atoms with Gasteiger partial charge < -0.3 is 10.5 Å². The maximum atomic E-state index is 7.55. The minimum atomic E-state index is -0.0827. The highest BCUT2D eigenvalue weighted by atomic mass is 79.9. The first-order valence-corrected chi connectivity index (χ1v) is 6.72. The Hall–Kier alpha value is -1.52. The molecule has 2 rings (SSSR count). The SMILES string of the molecule is Cc1ccc(Oc2ccc(Cl)cc2C(=N)N)c(Br)c1. The Morgan fingerprint density at radius 2 is 1.89 bits per heavy atom. The molecule has 0 fully saturated rings. The second kappa shape index (κ2) is 5.63. The molecule has 2 aromatic rings. The predicted octanol–water partition coefficient (Wildman–Crippen LogP) is 4.49. The first-order valence-electron chi connectivity index (χ1n) is 5.55. The van der Waals surface area contributed by atoms with E-state index in [1.807, 2.05) is 25.1 Å². The van der Waals surface area contributed by atoms with Gasteiger partial charge in [0.15, 0.2) is 0 Å². The van der Waals surface area contributed by atoms with E-state index >= 15 is 0 Å². The van der Waals surface area contributed by atoms with Crippen molar-refractivity contribution in [1.82, 2.24) is 0 Å². The molecule has 0 aliphatic heterocycles. The molecule has 0 radical (unpaired) electrons. The number of ether oxygens (including phenoxy) is 1. The number of hydrogen-bond donors (Lipinski definition) is 2. The van der Waals surface area contributed by atoms with Crippen molar-refractivity contribution in [3.63, 3.8) is 0 Å². The lowest BCUT2D eigenvalue weighted by Crippen LogP contribution is -2.12. The number of benzene rings is 2. The molecule has 0 amide bonds. The Balaban J connectivity index is 2.40. The van der Waals surface area contributed by atoms with Gasteiger partial charge in [0.2, 0.25) is 0 Å². The van der Waals surface area contributed by atoms with Gasteiger partial charge in [-0.2, -0.15) is 0 Å². The summed E-state index contributed by atoms with van der Waals surface area (Å²) in [6.45, 7) is 2.00. The molecule has 0 bridgehead atoms. The quantitative estimate of drug-likeness (QED) is 0.639. The fourth-order valence-electron chi connectivity index (χ4n) is 1.61. The second-order valence-corrected chi connectivity index (χ2v) is 5.38. The molecule has 0 saturated carbocycles. The van der Waals surface area contributed by atoms with E-state index in [1.54, 1.807) is 18.2 Å². The minimum absolute atomic E-state index is 0.0827. The summed E-state index contributed by atoms with van der Waals surface area (Å²) in [5, 5.41) is 8.07. The van der Waals surface area contributed by atoms with Crippen LogP contribution in [0.1, 0.15) is 11.1 Å². The lowest BCUT2D eigenvalue weighted by atomic mass is 10.2. The third-order valence-corrected chi connectivity index (χ3v) is 3.39. The number of nitrogen functional groups attached to an aromatic ring is 1. The van der Waals surface area contributed by atoms with Crippen LogP contribution in [0.25, 0.3) is 0 Å². The van der Waals surface area contributed by atoms with Crippen LogP contribution in [-0.2, 0) is 0 Å². The van der Waals surface area contributed by atoms with Gasteiger partial charge in [-0.05, 0) is 58.7 Å². The summed E-state index contributed by atoms with van der Waals surface area (Å²) in [7, 11) is 0. The minimum Gasteiger partial charge on any atom is -0.455 e. The van der Waals surface area contributed by atoms with Gasteiger partial charge in [0.25, 0.3) is 0 Å². The van der Waals surface area contributed by atoms with Crippen LogP contribution in [-0.4, -0.2) is 5.84 Å². The van der Waals surface area contributed by atoms with Crippen LogP contribution in [0, 0.1) is 12.3 Å². The molecule has 19 heavy (non-hydrogen) atoms. The topological polar surface area (TPSA) is 59.1 Å². The van der Waals surface area contributed by atoms with Gasteiger partial charge in [-0.3, -0.25) is 5.41 Å². The highest BCUT2D eigenvalue weighted by Gasteiger charge is 2.10. The second-order valence-electron chi connectivity index (χ2n) is 4.09. The number of rotatable bonds is 3. The van der Waals surface area contributed by atoms with E-state index in [4.69, 9.17) is 27.5 Å². The molecule has 0 heterocycles. The predicted molar refractivity (Wildman–Crippen MR) is 81.4 cm³/mol. The van der Waals surface area contributed by atoms with E-state index in [2.05, 4.69) is 15.9 Å². The Labute approximate surface area is 125 Å². The Morgan fingerprint density at radius 3 is 2.53 bits per heavy atom. The summed E-state index contributed by atoms with van der Waals surface area (Å²) >= 11 is 9.34. The Morgan fingerprint density at radius 1 is 1.21 bits per heavy atom. The van der Waals surface area contributed by atoms with Crippen LogP contribution < -0.4 is 10.5 Å². The summed E-state index contributed by atoms with van der Waals surface area (Å²) in [5.74, 6) is 1.08. The molecule has 5 heteroatoms. The zero-order chi connectivity index (χ0) is 14.0. The summed E-state index contributed by atoms with van der Waals surface area (Å²) in [4.78, 5) is 0. The highest BCUT2D eigenvalue weighted by molar-refractivity contribution is 9.10. The molecule has 0 aromatic heterocycles. The lowest BCUT2D eigenvalue weighted by molar-refractivity contribution is 0.478. The number of hydrogen-bond acceptors (Lipinski definition) is 2. The van der Waals surface area contributed by atoms with Gasteiger partial charge in [0, 0.05) is 5.02 Å². The van der Waals surface area contributed by atoms with E-state index in [0.29, 0.717) is 22.1 Å². The van der Waals surface area contributed by atoms with E-state index in [-0.39, 0.29) is 5.84 Å². The highest BCUT2D eigenvalue weighted by Crippen LogP contribution is 2.33. The van der Waals surface area contributed by atoms with Gasteiger partial charge in [0.05, 0.1) is 10.0 Å². The van der Waals surface area contributed by atoms with Crippen molar-refractivity contribution in [2.75, 3.05) is 0 Å². The maximum absolute atomic E-state index is 7.55. The summed E-state index contributed by atoms with van der Waals surface area (Å²) < 4.78 is 6.63. The monoisotopic (exact) mass is 338 g/mol. The maximum Gasteiger partial charge on any atom is 0.141 e. The van der Waals surface area contributed by atoms with Gasteiger partial charge >= 0.3 is 0 Å². The van der Waals surface area contributed by atoms with Gasteiger partial charge in [0.1, 0.15) is 17.3 Å². The van der Waals surface area contributed by atoms with Crippen molar-refractivity contribution in [3.05, 3.63) is 57.0 Å². The fourth-order valence-corrected chi connectivity index (χ4v) is 2.36. The van der Waals surface area contributed by atoms with Crippen molar-refractivity contribution >= 4 is 33.4 Å². The summed E-state index contributed by atoms with van der Waals surface area (Å²) in [6, 6.07) is 10.8. The molecule has 0 unspecified atom stereocenters. The summed E-state index contributed by atoms with van der Waals surface area (Å²) in [5.41, 5.74) is 7.13. The van der Waals surface area contributed by atoms with Gasteiger partial charge in [-0.25, -0.2) is 0 Å². The molecule has 0 aliphatic carbocycles. The van der Waals surface area contributed by atoms with Crippen LogP contribution >= 0.6 is 27.5 Å². The van der Waals surface area contributed by atoms with E-state index in [0.717, 1.165) is 10.0 Å². The summed E-state index contributed by atoms with van der Waals surface area (Å²) in [6.07, 6.45) is 0. The normalized spacial score (nSPS) is 10.3. The van der Waals surface area contributed by atoms with Crippen molar-refractivity contribution < 1.29 is 4.74 Å². The smallest absolute Gasteiger partial charge is 0.141 e. The molecule has 2 aromatic carbocycles. The number of amidine groups is 1. The molecule has 0 atom stereocenters. The van der Waals surface area contributed by atoms with E-state index in [1.165, 1.54) is 0 Å². The molecular weight excluding hydrogens is 328 g/mol. The molecule has 0 saturated heterocycles. The van der Waals surface area contributed by atoms with E-state index in [9.17, 15) is 0 Å². The fraction of sp³-hybridized carbons (Fsp3) is 0.0714. The molecule has 98 valence electrons. The largest absolute Gasteiger partial charge is 0.455 e. The Kier molecular flexibility index (Phi) is 4.12. The van der Waals surface area contributed by atoms with Crippen molar-refractivity contribution in [2.24, 2.45) is 5.73 Å². The van der Waals surface area contributed by atoms with Crippen molar-refractivity contribution in [2.45, 2.75) is 6.92 Å². The molecule has 0 spiro atoms. The van der Waals surface area contributed by atoms with Crippen LogP contribution in [0.5, 0.6) is 11.5 Å². The molecule has 3 nitrogen and oxygen atoms in total. The third kappa shape index (κ3) is 3.28. The first-order chi connectivity index (χ1) is 8.97. The number of nitrogens with one attached hydrogen (secondary N) is 1.